The molecule has 0 radical (unpaired) electrons. The number of piperidine rings is 1. The van der Waals surface area contributed by atoms with Gasteiger partial charge in [-0.15, -0.1) is 12.4 Å². The summed E-state index contributed by atoms with van der Waals surface area (Å²) in [7, 11) is 0. The maximum absolute atomic E-state index is 12.3. The molecule has 2 N–H and O–H groups in total. The third kappa shape index (κ3) is 5.55. The van der Waals surface area contributed by atoms with Crippen LogP contribution in [0.3, 0.4) is 0 Å². The van der Waals surface area contributed by atoms with Crippen LogP contribution in [0, 0.1) is 11.8 Å². The van der Waals surface area contributed by atoms with Gasteiger partial charge in [-0.25, -0.2) is 4.79 Å². The van der Waals surface area contributed by atoms with Gasteiger partial charge in [0.25, 0.3) is 5.56 Å². The number of nitrogens with one attached hydrogen (secondary N) is 1. The Bertz CT molecular complexity index is 1470. The largest absolute Gasteiger partial charge is 0.477 e. The van der Waals surface area contributed by atoms with Crippen LogP contribution in [0.2, 0.25) is 0 Å². The molecule has 1 saturated heterocycles. The average Bonchev–Trinajstić information content (AvgIpc) is 3.46. The number of hydrogen-bond donors (Lipinski definition) is 2. The Morgan fingerprint density at radius 3 is 1.95 bits per heavy atom. The normalized spacial score (nSPS) is 19.2. The molecule has 0 spiro atoms. The minimum Gasteiger partial charge on any atom is -0.477 e. The lowest BCUT2D eigenvalue weighted by molar-refractivity contribution is 0.0695. The second kappa shape index (κ2) is 11.7. The number of benzene rings is 3. The Morgan fingerprint density at radius 1 is 0.900 bits per heavy atom. The van der Waals surface area contributed by atoms with Gasteiger partial charge < -0.3 is 15.0 Å². The zero-order chi connectivity index (χ0) is 26.9. The van der Waals surface area contributed by atoms with Crippen LogP contribution in [0.15, 0.2) is 95.8 Å². The number of carboxylic acids is 1. The lowest BCUT2D eigenvalue weighted by Crippen LogP contribution is -2.34. The van der Waals surface area contributed by atoms with E-state index in [0.717, 1.165) is 37.3 Å². The van der Waals surface area contributed by atoms with Crippen LogP contribution >= 0.6 is 12.4 Å². The third-order valence-electron chi connectivity index (χ3n) is 8.28. The summed E-state index contributed by atoms with van der Waals surface area (Å²) in [5.74, 6) is 0.109. The molecule has 2 fully saturated rings. The van der Waals surface area contributed by atoms with Gasteiger partial charge in [0, 0.05) is 37.9 Å². The van der Waals surface area contributed by atoms with E-state index in [1.807, 2.05) is 19.1 Å². The maximum atomic E-state index is 12.3. The Morgan fingerprint density at radius 2 is 1.45 bits per heavy atom. The summed E-state index contributed by atoms with van der Waals surface area (Å²) in [4.78, 5) is 31.6. The van der Waals surface area contributed by atoms with Gasteiger partial charge in [-0.2, -0.15) is 0 Å². The molecule has 2 heterocycles. The Labute approximate surface area is 240 Å². The second-order valence-electron chi connectivity index (χ2n) is 10.7. The number of H-pyrrole nitrogens is 1. The summed E-state index contributed by atoms with van der Waals surface area (Å²) in [5.41, 5.74) is 5.52. The molecule has 0 unspecified atom stereocenters. The minimum atomic E-state index is -1.20. The van der Waals surface area contributed by atoms with Gasteiger partial charge in [-0.1, -0.05) is 79.7 Å². The van der Waals surface area contributed by atoms with Gasteiger partial charge in [0.15, 0.2) is 0 Å². The van der Waals surface area contributed by atoms with Crippen molar-refractivity contribution < 1.29 is 9.90 Å². The first-order valence-electron chi connectivity index (χ1n) is 13.7. The number of aryl methyl sites for hydroxylation is 1. The molecule has 0 amide bonds. The van der Waals surface area contributed by atoms with Crippen LogP contribution < -0.4 is 10.5 Å². The average molecular weight is 556 g/mol. The molecule has 3 atom stereocenters. The van der Waals surface area contributed by atoms with Crippen LogP contribution in [0.4, 0.5) is 5.69 Å². The fraction of sp³-hybridized carbons (Fsp3) is 0.273. The predicted octanol–water partition coefficient (Wildman–Crippen LogP) is 5.86. The number of carboxylic acid groups (broad SMARTS) is 1. The van der Waals surface area contributed by atoms with E-state index in [0.29, 0.717) is 30.0 Å². The highest BCUT2D eigenvalue weighted by Crippen LogP contribution is 2.50. The highest BCUT2D eigenvalue weighted by molar-refractivity contribution is 5.88. The van der Waals surface area contributed by atoms with Crippen LogP contribution in [0.1, 0.15) is 34.0 Å². The number of fused-ring (bicyclic) bond motifs is 1. The van der Waals surface area contributed by atoms with Crippen LogP contribution in [0.25, 0.3) is 11.3 Å². The van der Waals surface area contributed by atoms with Crippen molar-refractivity contribution in [2.45, 2.75) is 32.5 Å². The molecule has 2 aliphatic rings. The zero-order valence-electron chi connectivity index (χ0n) is 22.5. The predicted molar refractivity (Wildman–Crippen MR) is 161 cm³/mol. The number of halogens is 1. The molecule has 1 saturated carbocycles. The second-order valence-corrected chi connectivity index (χ2v) is 10.7. The Balaban J connectivity index is 0.00000323. The molecule has 1 aromatic heterocycles. The molecular weight excluding hydrogens is 522 g/mol. The van der Waals surface area contributed by atoms with Crippen molar-refractivity contribution in [3.63, 3.8) is 0 Å². The van der Waals surface area contributed by atoms with Gasteiger partial charge in [-0.05, 0) is 58.7 Å². The van der Waals surface area contributed by atoms with E-state index in [-0.39, 0.29) is 18.0 Å². The van der Waals surface area contributed by atoms with Crippen molar-refractivity contribution in [2.75, 3.05) is 18.0 Å². The highest BCUT2D eigenvalue weighted by atomic mass is 35.5. The number of aromatic nitrogens is 1. The van der Waals surface area contributed by atoms with Crippen molar-refractivity contribution in [3.8, 4) is 11.3 Å². The molecule has 0 bridgehead atoms. The molecule has 1 aliphatic carbocycles. The molecule has 3 aromatic carbocycles. The molecule has 4 aromatic rings. The quantitative estimate of drug-likeness (QED) is 0.270. The molecule has 6 nitrogen and oxygen atoms in total. The van der Waals surface area contributed by atoms with Gasteiger partial charge >= 0.3 is 5.97 Å². The van der Waals surface area contributed by atoms with Crippen LogP contribution in [-0.2, 0) is 19.5 Å². The standard InChI is InChI=1S/C33H33N3O3.ClH/c1-2-24-17-27(33(38)39)32(37)34-30(24)25-13-15-26(16-14-25)35-20-28-29(21-35)31(28)36(18-22-9-5-3-6-10-22)19-23-11-7-4-8-12-23;/h3-17,28-29,31H,2,18-21H2,1H3,(H,34,37)(H,38,39);1H/t28-,29+,31+;. The first kappa shape index (κ1) is 27.7. The Hall–Kier alpha value is -3.87. The molecule has 1 aliphatic heterocycles. The van der Waals surface area contributed by atoms with Crippen molar-refractivity contribution in [2.24, 2.45) is 11.8 Å². The number of rotatable bonds is 9. The number of pyridine rings is 1. The lowest BCUT2D eigenvalue weighted by Gasteiger charge is -2.28. The SMILES string of the molecule is CCc1cc(C(=O)O)c(=O)[nH]c1-c1ccc(N2C[C@@H]3[C@H](C2)[C@H]3N(Cc2ccccc2)Cc2ccccc2)cc1.Cl. The summed E-state index contributed by atoms with van der Waals surface area (Å²) in [6.45, 7) is 5.96. The molecular formula is C33H34ClN3O3. The van der Waals surface area contributed by atoms with Crippen molar-refractivity contribution in [1.82, 2.24) is 9.88 Å². The first-order valence-corrected chi connectivity index (χ1v) is 13.7. The fourth-order valence-electron chi connectivity index (χ4n) is 6.26. The summed E-state index contributed by atoms with van der Waals surface area (Å²) in [6.07, 6.45) is 0.632. The van der Waals surface area contributed by atoms with Crippen LogP contribution in [0.5, 0.6) is 0 Å². The lowest BCUT2D eigenvalue weighted by atomic mass is 10.0. The first-order chi connectivity index (χ1) is 19.0. The van der Waals surface area contributed by atoms with E-state index in [2.05, 4.69) is 87.6 Å². The number of aromatic carboxylic acids is 1. The van der Waals surface area contributed by atoms with Crippen molar-refractivity contribution >= 4 is 24.1 Å². The fourth-order valence-corrected chi connectivity index (χ4v) is 6.26. The molecule has 206 valence electrons. The summed E-state index contributed by atoms with van der Waals surface area (Å²) in [5, 5.41) is 9.30. The van der Waals surface area contributed by atoms with Gasteiger partial charge in [0.1, 0.15) is 5.56 Å². The summed E-state index contributed by atoms with van der Waals surface area (Å²) >= 11 is 0. The number of hydrogen-bond acceptors (Lipinski definition) is 4. The van der Waals surface area contributed by atoms with Gasteiger partial charge in [0.2, 0.25) is 0 Å². The molecule has 6 rings (SSSR count). The molecule has 7 heteroatoms. The van der Waals surface area contributed by atoms with E-state index < -0.39 is 11.5 Å². The monoisotopic (exact) mass is 555 g/mol. The minimum absolute atomic E-state index is 0. The topological polar surface area (TPSA) is 76.6 Å². The van der Waals surface area contributed by atoms with E-state index in [1.165, 1.54) is 22.9 Å². The van der Waals surface area contributed by atoms with Crippen LogP contribution in [-0.4, -0.2) is 40.1 Å². The smallest absolute Gasteiger partial charge is 0.341 e. The number of aromatic amines is 1. The van der Waals surface area contributed by atoms with E-state index >= 15 is 0 Å². The maximum Gasteiger partial charge on any atom is 0.341 e. The van der Waals surface area contributed by atoms with E-state index in [9.17, 15) is 14.7 Å². The number of carbonyl (C=O) groups is 1. The third-order valence-corrected chi connectivity index (χ3v) is 8.28. The van der Waals surface area contributed by atoms with Crippen molar-refractivity contribution in [1.29, 1.82) is 0 Å². The zero-order valence-corrected chi connectivity index (χ0v) is 23.3. The Kier molecular flexibility index (Phi) is 8.10. The summed E-state index contributed by atoms with van der Waals surface area (Å²) in [6, 6.07) is 31.9. The number of nitrogens with zero attached hydrogens (tertiary/aromatic N) is 2. The van der Waals surface area contributed by atoms with Crippen molar-refractivity contribution in [3.05, 3.63) is 124 Å². The van der Waals surface area contributed by atoms with E-state index in [1.54, 1.807) is 0 Å². The van der Waals surface area contributed by atoms with Gasteiger partial charge in [-0.3, -0.25) is 9.69 Å². The van der Waals surface area contributed by atoms with E-state index in [4.69, 9.17) is 0 Å². The molecule has 40 heavy (non-hydrogen) atoms. The number of anilines is 1. The van der Waals surface area contributed by atoms with Gasteiger partial charge in [0.05, 0.1) is 5.69 Å². The summed E-state index contributed by atoms with van der Waals surface area (Å²) < 4.78 is 0. The highest BCUT2D eigenvalue weighted by Gasteiger charge is 2.58.